The van der Waals surface area contributed by atoms with Crippen LogP contribution in [0.5, 0.6) is 0 Å². The summed E-state index contributed by atoms with van der Waals surface area (Å²) in [4.78, 5) is 53.4. The van der Waals surface area contributed by atoms with Crippen LogP contribution in [0, 0.1) is 5.41 Å². The summed E-state index contributed by atoms with van der Waals surface area (Å²) in [6.07, 6.45) is -0.304. The van der Waals surface area contributed by atoms with Gasteiger partial charge < -0.3 is 24.8 Å². The summed E-state index contributed by atoms with van der Waals surface area (Å²) in [5, 5.41) is 9.69. The van der Waals surface area contributed by atoms with Crippen LogP contribution >= 0.6 is 11.3 Å². The number of ether oxygens (including phenoxy) is 1. The van der Waals surface area contributed by atoms with Crippen LogP contribution in [-0.2, 0) is 14.3 Å². The molecule has 4 atom stereocenters. The van der Waals surface area contributed by atoms with E-state index in [1.54, 1.807) is 23.5 Å². The summed E-state index contributed by atoms with van der Waals surface area (Å²) in [7, 11) is 2.12. The Hall–Kier alpha value is -3.51. The number of amides is 2. The van der Waals surface area contributed by atoms with Crippen LogP contribution < -0.4 is 10.2 Å². The lowest BCUT2D eigenvalue weighted by Crippen LogP contribution is -2.53. The van der Waals surface area contributed by atoms with Gasteiger partial charge >= 0.3 is 0 Å². The van der Waals surface area contributed by atoms with Gasteiger partial charge in [-0.1, -0.05) is 38.0 Å². The molecule has 41 heavy (non-hydrogen) atoms. The SMILES string of the molecule is CN1CCN(c2nc(-c3ccc(C(=O)N[C@@H](CC(C)(C)C)C(=O)N4C[C@@H](N=[N+]=[N-])[C@H]5OCC(=O)[C@H]54)cc3)cs2)CC1. The highest BCUT2D eigenvalue weighted by Crippen LogP contribution is 2.32. The van der Waals surface area contributed by atoms with Gasteiger partial charge in [0.05, 0.1) is 17.8 Å². The molecule has 13 heteroatoms. The van der Waals surface area contributed by atoms with Crippen LogP contribution in [0.25, 0.3) is 21.7 Å². The number of likely N-dealkylation sites (N-methyl/N-ethyl adjacent to an activating group) is 1. The third-order valence-corrected chi connectivity index (χ3v) is 8.67. The number of likely N-dealkylation sites (tertiary alicyclic amines) is 1. The number of benzene rings is 1. The number of nitrogens with one attached hydrogen (secondary N) is 1. The van der Waals surface area contributed by atoms with Gasteiger partial charge in [0.15, 0.2) is 10.9 Å². The predicted molar refractivity (Wildman–Crippen MR) is 156 cm³/mol. The molecule has 0 spiro atoms. The first-order valence-electron chi connectivity index (χ1n) is 13.8. The Bertz CT molecular complexity index is 1340. The van der Waals surface area contributed by atoms with Crippen LogP contribution in [0.15, 0.2) is 34.8 Å². The highest BCUT2D eigenvalue weighted by atomic mass is 32.1. The molecular weight excluding hydrogens is 544 g/mol. The smallest absolute Gasteiger partial charge is 0.251 e. The molecule has 1 aromatic heterocycles. The molecule has 0 saturated carbocycles. The largest absolute Gasteiger partial charge is 0.367 e. The summed E-state index contributed by atoms with van der Waals surface area (Å²) < 4.78 is 5.55. The van der Waals surface area contributed by atoms with E-state index in [0.29, 0.717) is 12.0 Å². The minimum atomic E-state index is -0.870. The van der Waals surface area contributed by atoms with Crippen molar-refractivity contribution in [2.75, 3.05) is 51.3 Å². The first-order valence-corrected chi connectivity index (χ1v) is 14.7. The molecule has 4 heterocycles. The summed E-state index contributed by atoms with van der Waals surface area (Å²) in [6.45, 7) is 9.80. The number of hydrogen-bond donors (Lipinski definition) is 1. The Morgan fingerprint density at radius 3 is 2.59 bits per heavy atom. The van der Waals surface area contributed by atoms with E-state index in [2.05, 4.69) is 32.2 Å². The van der Waals surface area contributed by atoms with Gasteiger partial charge in [-0.2, -0.15) is 0 Å². The maximum Gasteiger partial charge on any atom is 0.251 e. The van der Waals surface area contributed by atoms with Crippen molar-refractivity contribution in [3.63, 3.8) is 0 Å². The molecule has 1 aromatic carbocycles. The summed E-state index contributed by atoms with van der Waals surface area (Å²) in [5.41, 5.74) is 10.9. The molecule has 5 rings (SSSR count). The minimum absolute atomic E-state index is 0.0684. The second-order valence-electron chi connectivity index (χ2n) is 12.1. The normalized spacial score (nSPS) is 23.7. The number of aromatic nitrogens is 1. The lowest BCUT2D eigenvalue weighted by Gasteiger charge is -2.32. The third-order valence-electron chi connectivity index (χ3n) is 7.77. The van der Waals surface area contributed by atoms with Gasteiger partial charge in [-0.3, -0.25) is 14.4 Å². The molecule has 12 nitrogen and oxygen atoms in total. The van der Waals surface area contributed by atoms with Crippen molar-refractivity contribution >= 4 is 34.1 Å². The lowest BCUT2D eigenvalue weighted by atomic mass is 9.87. The Morgan fingerprint density at radius 2 is 1.93 bits per heavy atom. The Labute approximate surface area is 243 Å². The number of anilines is 1. The fourth-order valence-electron chi connectivity index (χ4n) is 5.61. The van der Waals surface area contributed by atoms with Crippen LogP contribution in [0.1, 0.15) is 37.6 Å². The fraction of sp³-hybridized carbons (Fsp3) is 0.571. The number of thiazole rings is 1. The molecule has 3 saturated heterocycles. The molecular formula is C28H36N8O4S. The maximum absolute atomic E-state index is 13.8. The lowest BCUT2D eigenvalue weighted by molar-refractivity contribution is -0.138. The molecule has 0 bridgehead atoms. The van der Waals surface area contributed by atoms with E-state index in [1.165, 1.54) is 4.90 Å². The number of rotatable bonds is 7. The molecule has 2 aromatic rings. The molecule has 3 aliphatic rings. The molecule has 0 aliphatic carbocycles. The zero-order valence-corrected chi connectivity index (χ0v) is 24.6. The van der Waals surface area contributed by atoms with Gasteiger partial charge in [0.1, 0.15) is 18.7 Å². The van der Waals surface area contributed by atoms with Crippen LogP contribution in [-0.4, -0.2) is 103 Å². The van der Waals surface area contributed by atoms with E-state index in [0.717, 1.165) is 42.6 Å². The number of piperazine rings is 1. The number of azide groups is 1. The highest BCUT2D eigenvalue weighted by molar-refractivity contribution is 7.14. The van der Waals surface area contributed by atoms with Crippen LogP contribution in [0.2, 0.25) is 0 Å². The number of carbonyl (C=O) groups excluding carboxylic acids is 3. The van der Waals surface area contributed by atoms with Gasteiger partial charge in [0.25, 0.3) is 5.91 Å². The molecule has 2 amide bonds. The van der Waals surface area contributed by atoms with Gasteiger partial charge in [-0.05, 0) is 36.5 Å². The van der Waals surface area contributed by atoms with Crippen molar-refractivity contribution in [1.82, 2.24) is 20.1 Å². The average molecular weight is 581 g/mol. The summed E-state index contributed by atoms with van der Waals surface area (Å²) >= 11 is 1.62. The minimum Gasteiger partial charge on any atom is -0.367 e. The van der Waals surface area contributed by atoms with Crippen molar-refractivity contribution in [2.24, 2.45) is 10.5 Å². The number of carbonyl (C=O) groups is 3. The fourth-order valence-corrected chi connectivity index (χ4v) is 6.50. The predicted octanol–water partition coefficient (Wildman–Crippen LogP) is 2.95. The second kappa shape index (κ2) is 11.8. The van der Waals surface area contributed by atoms with E-state index in [-0.39, 0.29) is 36.2 Å². The quantitative estimate of drug-likeness (QED) is 0.301. The van der Waals surface area contributed by atoms with Gasteiger partial charge in [-0.25, -0.2) is 4.98 Å². The number of fused-ring (bicyclic) bond motifs is 1. The van der Waals surface area contributed by atoms with Crippen molar-refractivity contribution in [3.8, 4) is 11.3 Å². The summed E-state index contributed by atoms with van der Waals surface area (Å²) in [6, 6.07) is 4.86. The number of Topliss-reactive ketones (excluding diaryl/α,β-unsaturated/α-hetero) is 1. The van der Waals surface area contributed by atoms with Crippen LogP contribution in [0.3, 0.4) is 0 Å². The zero-order valence-electron chi connectivity index (χ0n) is 23.8. The molecule has 3 aliphatic heterocycles. The first-order chi connectivity index (χ1) is 19.5. The van der Waals surface area contributed by atoms with Crippen molar-refractivity contribution in [1.29, 1.82) is 0 Å². The molecule has 218 valence electrons. The van der Waals surface area contributed by atoms with E-state index in [1.807, 2.05) is 38.3 Å². The molecule has 3 fully saturated rings. The maximum atomic E-state index is 13.8. The van der Waals surface area contributed by atoms with Crippen molar-refractivity contribution in [2.45, 2.75) is 51.4 Å². The molecule has 0 unspecified atom stereocenters. The second-order valence-corrected chi connectivity index (χ2v) is 13.0. The zero-order chi connectivity index (χ0) is 29.3. The first kappa shape index (κ1) is 29.0. The number of nitrogens with zero attached hydrogens (tertiary/aromatic N) is 7. The van der Waals surface area contributed by atoms with Gasteiger partial charge in [-0.15, -0.1) is 11.3 Å². The Balaban J connectivity index is 1.29. The van der Waals surface area contributed by atoms with Crippen molar-refractivity contribution in [3.05, 3.63) is 45.7 Å². The Kier molecular flexibility index (Phi) is 8.32. The standard InChI is InChI=1S/C28H36N8O4S/c1-28(2,3)13-19(26(39)36-14-20(32-33-29)24-23(36)22(37)15-40-24)30-25(38)18-7-5-17(6-8-18)21-16-41-27(31-21)35-11-9-34(4)10-12-35/h5-8,16,19-20,23-24H,9-15H2,1-4H3,(H,30,38)/t19-,20+,23+,24+/m0/s1. The van der Waals surface area contributed by atoms with Gasteiger partial charge in [0.2, 0.25) is 5.91 Å². The van der Waals surface area contributed by atoms with Crippen molar-refractivity contribution < 1.29 is 19.1 Å². The highest BCUT2D eigenvalue weighted by Gasteiger charge is 2.53. The Morgan fingerprint density at radius 1 is 1.22 bits per heavy atom. The van der Waals surface area contributed by atoms with E-state index in [4.69, 9.17) is 15.3 Å². The monoisotopic (exact) mass is 580 g/mol. The number of ketones is 1. The number of hydrogen-bond acceptors (Lipinski definition) is 9. The molecule has 1 N–H and O–H groups in total. The van der Waals surface area contributed by atoms with E-state index < -0.39 is 24.2 Å². The van der Waals surface area contributed by atoms with Gasteiger partial charge in [0, 0.05) is 54.1 Å². The van der Waals surface area contributed by atoms with E-state index >= 15 is 0 Å². The van der Waals surface area contributed by atoms with E-state index in [9.17, 15) is 14.4 Å². The molecule has 0 radical (unpaired) electrons. The van der Waals surface area contributed by atoms with Crippen LogP contribution in [0.4, 0.5) is 5.13 Å². The average Bonchev–Trinajstić information content (AvgIpc) is 3.66. The summed E-state index contributed by atoms with van der Waals surface area (Å²) in [5.74, 6) is -0.992. The topological polar surface area (TPSA) is 144 Å². The third kappa shape index (κ3) is 6.38.